The average molecular weight is 679 g/mol. The van der Waals surface area contributed by atoms with Crippen molar-refractivity contribution in [1.82, 2.24) is 24.6 Å². The number of halogens is 3. The predicted molar refractivity (Wildman–Crippen MR) is 184 cm³/mol. The van der Waals surface area contributed by atoms with Crippen molar-refractivity contribution in [3.63, 3.8) is 0 Å². The first-order valence-corrected chi connectivity index (χ1v) is 18.5. The molecule has 12 heteroatoms. The van der Waals surface area contributed by atoms with E-state index in [9.17, 15) is 4.39 Å². The molecule has 0 bridgehead atoms. The normalized spacial score (nSPS) is 22.7. The number of alkyl halides is 3. The Morgan fingerprint density at radius 1 is 1.06 bits per heavy atom. The molecule has 0 radical (unpaired) electrons. The molecule has 0 aliphatic carbocycles. The zero-order valence-electron chi connectivity index (χ0n) is 27.5. The van der Waals surface area contributed by atoms with Gasteiger partial charge in [-0.3, -0.25) is 19.2 Å². The van der Waals surface area contributed by atoms with E-state index in [-0.39, 0.29) is 25.0 Å². The summed E-state index contributed by atoms with van der Waals surface area (Å²) in [5.74, 6) is -3.04. The van der Waals surface area contributed by atoms with E-state index >= 15 is 8.78 Å². The number of pyridine rings is 1. The number of fused-ring (bicyclic) bond motifs is 3. The summed E-state index contributed by atoms with van der Waals surface area (Å²) in [7, 11) is -1.26. The molecule has 8 nitrogen and oxygen atoms in total. The van der Waals surface area contributed by atoms with E-state index < -0.39 is 34.9 Å². The number of benzene rings is 2. The molecule has 0 saturated carbocycles. The second-order valence-corrected chi connectivity index (χ2v) is 15.1. The van der Waals surface area contributed by atoms with Gasteiger partial charge >= 0.3 is 0 Å². The van der Waals surface area contributed by atoms with Gasteiger partial charge in [-0.2, -0.15) is 5.10 Å². The zero-order valence-corrected chi connectivity index (χ0v) is 29.0. The number of hydrogen-bond acceptors (Lipinski definition) is 7. The van der Waals surface area contributed by atoms with Crippen molar-refractivity contribution in [2.45, 2.75) is 69.3 Å². The topological polar surface area (TPSA) is 67.7 Å². The van der Waals surface area contributed by atoms with Gasteiger partial charge in [0.25, 0.3) is 5.92 Å². The molecular weight excluding hydrogens is 634 g/mol. The summed E-state index contributed by atoms with van der Waals surface area (Å²) >= 11 is 0. The van der Waals surface area contributed by atoms with Crippen LogP contribution in [-0.2, 0) is 15.6 Å². The lowest BCUT2D eigenvalue weighted by Gasteiger charge is -2.43. The molecule has 2 fully saturated rings. The Bertz CT molecular complexity index is 1650. The molecule has 5 heterocycles. The van der Waals surface area contributed by atoms with Crippen molar-refractivity contribution in [3.05, 3.63) is 83.8 Å². The van der Waals surface area contributed by atoms with E-state index in [0.717, 1.165) is 84.1 Å². The summed E-state index contributed by atoms with van der Waals surface area (Å²) < 4.78 is 57.8. The molecule has 4 aromatic rings. The summed E-state index contributed by atoms with van der Waals surface area (Å²) in [4.78, 5) is 9.01. The molecule has 3 atom stereocenters. The highest BCUT2D eigenvalue weighted by atomic mass is 28.2. The fraction of sp³-hybridized carbons (Fsp3) is 0.500. The predicted octanol–water partition coefficient (Wildman–Crippen LogP) is 4.98. The van der Waals surface area contributed by atoms with Gasteiger partial charge in [0.1, 0.15) is 0 Å². The summed E-state index contributed by atoms with van der Waals surface area (Å²) in [5.41, 5.74) is 4.74. The van der Waals surface area contributed by atoms with Crippen LogP contribution in [0.25, 0.3) is 10.9 Å². The maximum absolute atomic E-state index is 15.7. The van der Waals surface area contributed by atoms with Crippen LogP contribution in [0.3, 0.4) is 0 Å². The highest BCUT2D eigenvalue weighted by molar-refractivity contribution is 6.46. The van der Waals surface area contributed by atoms with Crippen LogP contribution in [0.4, 0.5) is 18.9 Å². The first-order chi connectivity index (χ1) is 23.4. The number of hydrogen-bond donors (Lipinski definition) is 1. The number of anilines is 1. The van der Waals surface area contributed by atoms with Crippen LogP contribution in [0, 0.1) is 0 Å². The first kappa shape index (κ1) is 33.2. The lowest BCUT2D eigenvalue weighted by atomic mass is 9.84. The average Bonchev–Trinajstić information content (AvgIpc) is 3.52. The highest BCUT2D eigenvalue weighted by Crippen LogP contribution is 2.42. The summed E-state index contributed by atoms with van der Waals surface area (Å²) in [6, 6.07) is 17.3. The molecule has 2 saturated heterocycles. The fourth-order valence-corrected chi connectivity index (χ4v) is 8.57. The van der Waals surface area contributed by atoms with Crippen molar-refractivity contribution < 1.29 is 22.3 Å². The quantitative estimate of drug-likeness (QED) is 0.200. The second kappa shape index (κ2) is 14.7. The monoisotopic (exact) mass is 678 g/mol. The smallest absolute Gasteiger partial charge is 0.282 e. The first-order valence-electron chi connectivity index (χ1n) is 17.3. The standard InChI is InChI=1S/C36H45F3N6O2Si/c1-25-18-30-29(12-14-33-31(30)20-41-45(33)34-10-5-6-17-46-34)35(44(25)23-36(38,39)24-47-48-28-8-3-2-4-9-28)32-13-11-26(19-40-32)42-27-21-43(22-27)16-7-15-37/h2-4,8-9,11-14,19-20,25,27,34-35,42H,5-7,10,15-18,21-24,48H2,1H3/t25-,34?,35+/m1/s1. The van der Waals surface area contributed by atoms with Gasteiger partial charge in [0.2, 0.25) is 0 Å². The third-order valence-corrected chi connectivity index (χ3v) is 11.1. The lowest BCUT2D eigenvalue weighted by molar-refractivity contribution is -0.0793. The third kappa shape index (κ3) is 7.32. The van der Waals surface area contributed by atoms with Gasteiger partial charge in [0.15, 0.2) is 16.0 Å². The number of aromatic nitrogens is 3. The van der Waals surface area contributed by atoms with E-state index in [1.54, 1.807) is 6.20 Å². The van der Waals surface area contributed by atoms with Crippen LogP contribution < -0.4 is 10.5 Å². The largest absolute Gasteiger partial charge is 0.412 e. The fourth-order valence-electron chi connectivity index (χ4n) is 7.47. The van der Waals surface area contributed by atoms with Gasteiger partial charge in [-0.05, 0) is 73.5 Å². The van der Waals surface area contributed by atoms with Crippen LogP contribution in [0.15, 0.2) is 67.0 Å². The van der Waals surface area contributed by atoms with Crippen LogP contribution in [0.2, 0.25) is 0 Å². The molecule has 7 rings (SSSR count). The minimum Gasteiger partial charge on any atom is -0.412 e. The van der Waals surface area contributed by atoms with Gasteiger partial charge in [-0.25, -0.2) is 13.5 Å². The molecule has 48 heavy (non-hydrogen) atoms. The van der Waals surface area contributed by atoms with Gasteiger partial charge in [0.05, 0.1) is 61.2 Å². The number of nitrogens with zero attached hydrogens (tertiary/aromatic N) is 5. The maximum atomic E-state index is 15.7. The van der Waals surface area contributed by atoms with Crippen molar-refractivity contribution in [1.29, 1.82) is 0 Å². The number of nitrogens with one attached hydrogen (secondary N) is 1. The van der Waals surface area contributed by atoms with Crippen LogP contribution >= 0.6 is 0 Å². The van der Waals surface area contributed by atoms with E-state index in [1.165, 1.54) is 0 Å². The lowest BCUT2D eigenvalue weighted by Crippen LogP contribution is -2.54. The molecular formula is C36H45F3N6O2Si. The molecule has 256 valence electrons. The Labute approximate surface area is 282 Å². The Hall–Kier alpha value is -3.29. The molecule has 1 N–H and O–H groups in total. The Morgan fingerprint density at radius 2 is 1.92 bits per heavy atom. The van der Waals surface area contributed by atoms with Gasteiger partial charge in [-0.1, -0.05) is 36.4 Å². The number of likely N-dealkylation sites (tertiary alicyclic amines) is 1. The van der Waals surface area contributed by atoms with E-state index in [1.807, 2.05) is 65.2 Å². The summed E-state index contributed by atoms with van der Waals surface area (Å²) in [6.45, 7) is 3.91. The van der Waals surface area contributed by atoms with Crippen molar-refractivity contribution in [3.8, 4) is 0 Å². The Kier molecular flexibility index (Phi) is 10.2. The maximum Gasteiger partial charge on any atom is 0.282 e. The highest BCUT2D eigenvalue weighted by Gasteiger charge is 2.42. The van der Waals surface area contributed by atoms with Crippen molar-refractivity contribution >= 4 is 31.5 Å². The zero-order chi connectivity index (χ0) is 33.1. The minimum absolute atomic E-state index is 0.0890. The second-order valence-electron chi connectivity index (χ2n) is 13.6. The van der Waals surface area contributed by atoms with Crippen LogP contribution in [0.5, 0.6) is 0 Å². The Morgan fingerprint density at radius 3 is 2.67 bits per heavy atom. The van der Waals surface area contributed by atoms with Gasteiger partial charge in [0, 0.05) is 37.7 Å². The van der Waals surface area contributed by atoms with Crippen molar-refractivity contribution in [2.75, 3.05) is 51.4 Å². The number of rotatable bonds is 13. The van der Waals surface area contributed by atoms with Crippen LogP contribution in [0.1, 0.15) is 61.7 Å². The molecule has 2 aromatic carbocycles. The van der Waals surface area contributed by atoms with E-state index in [4.69, 9.17) is 19.2 Å². The summed E-state index contributed by atoms with van der Waals surface area (Å²) in [6.07, 6.45) is 7.90. The molecule has 0 amide bonds. The molecule has 2 aromatic heterocycles. The van der Waals surface area contributed by atoms with E-state index in [2.05, 4.69) is 22.3 Å². The number of ether oxygens (including phenoxy) is 1. The molecule has 3 aliphatic rings. The molecule has 1 unspecified atom stereocenters. The van der Waals surface area contributed by atoms with Crippen LogP contribution in [-0.4, -0.2) is 98.4 Å². The Balaban J connectivity index is 1.15. The third-order valence-electron chi connectivity index (χ3n) is 9.89. The van der Waals surface area contributed by atoms with E-state index in [0.29, 0.717) is 12.8 Å². The van der Waals surface area contributed by atoms with Gasteiger partial charge < -0.3 is 14.5 Å². The van der Waals surface area contributed by atoms with Gasteiger partial charge in [-0.15, -0.1) is 0 Å². The summed E-state index contributed by atoms with van der Waals surface area (Å²) in [5, 5.41) is 10.3. The van der Waals surface area contributed by atoms with Crippen molar-refractivity contribution in [2.24, 2.45) is 0 Å². The minimum atomic E-state index is -3.04. The molecule has 3 aliphatic heterocycles. The SMILES string of the molecule is C[C@@H]1Cc2c(ccc3c2cnn3C2CCCCO2)[C@@H](c2ccc(NC3CN(CCCF)C3)cn2)N1CC(F)(F)CO[SiH2]c1ccccc1. The molecule has 0 spiro atoms.